The summed E-state index contributed by atoms with van der Waals surface area (Å²) in [6, 6.07) is 5.03. The Kier molecular flexibility index (Phi) is 3.99. The molecule has 1 aromatic rings. The predicted molar refractivity (Wildman–Crippen MR) is 66.0 cm³/mol. The van der Waals surface area contributed by atoms with E-state index in [1.807, 2.05) is 0 Å². The second kappa shape index (κ2) is 5.49. The van der Waals surface area contributed by atoms with Crippen LogP contribution >= 0.6 is 11.6 Å². The molecule has 1 aliphatic heterocycles. The van der Waals surface area contributed by atoms with Crippen LogP contribution in [0.15, 0.2) is 18.2 Å². The molecule has 2 rings (SSSR count). The molecule has 0 bridgehead atoms. The van der Waals surface area contributed by atoms with Crippen LogP contribution in [0.2, 0.25) is 5.02 Å². The van der Waals surface area contributed by atoms with Crippen LogP contribution < -0.4 is 11.1 Å². The van der Waals surface area contributed by atoms with Gasteiger partial charge in [-0.1, -0.05) is 17.7 Å². The number of carbonyl (C=O) groups is 1. The number of benzene rings is 1. The van der Waals surface area contributed by atoms with E-state index in [9.17, 15) is 4.79 Å². The molecule has 0 saturated carbocycles. The van der Waals surface area contributed by atoms with E-state index in [1.54, 1.807) is 18.2 Å². The molecule has 5 heteroatoms. The first-order chi connectivity index (χ1) is 8.16. The van der Waals surface area contributed by atoms with E-state index in [1.165, 1.54) is 0 Å². The molecular formula is C12H15ClN2O2. The van der Waals surface area contributed by atoms with E-state index in [4.69, 9.17) is 22.1 Å². The summed E-state index contributed by atoms with van der Waals surface area (Å²) in [4.78, 5) is 11.0. The van der Waals surface area contributed by atoms with Gasteiger partial charge in [0.2, 0.25) is 5.91 Å². The lowest BCUT2D eigenvalue weighted by Crippen LogP contribution is -2.16. The first-order valence-corrected chi connectivity index (χ1v) is 5.95. The van der Waals surface area contributed by atoms with Crippen molar-refractivity contribution in [3.8, 4) is 0 Å². The first-order valence-electron chi connectivity index (χ1n) is 5.57. The van der Waals surface area contributed by atoms with Crippen LogP contribution in [0.5, 0.6) is 0 Å². The van der Waals surface area contributed by atoms with Crippen LogP contribution in [-0.2, 0) is 11.3 Å². The second-order valence-electron chi connectivity index (χ2n) is 4.10. The zero-order chi connectivity index (χ0) is 12.3. The summed E-state index contributed by atoms with van der Waals surface area (Å²) in [7, 11) is 0. The molecule has 1 fully saturated rings. The van der Waals surface area contributed by atoms with Crippen LogP contribution in [0.25, 0.3) is 0 Å². The summed E-state index contributed by atoms with van der Waals surface area (Å²) in [5.74, 6) is -0.473. The Morgan fingerprint density at radius 3 is 3.00 bits per heavy atom. The number of nitrogens with one attached hydrogen (secondary N) is 1. The van der Waals surface area contributed by atoms with Gasteiger partial charge in [0.15, 0.2) is 0 Å². The minimum absolute atomic E-state index is 0.252. The van der Waals surface area contributed by atoms with E-state index in [2.05, 4.69) is 5.32 Å². The predicted octanol–water partition coefficient (Wildman–Crippen LogP) is 1.32. The van der Waals surface area contributed by atoms with Gasteiger partial charge in [0.25, 0.3) is 0 Å². The summed E-state index contributed by atoms with van der Waals surface area (Å²) in [5, 5.41) is 3.75. The summed E-state index contributed by atoms with van der Waals surface area (Å²) in [6.07, 6.45) is 1.28. The van der Waals surface area contributed by atoms with Crippen molar-refractivity contribution in [2.75, 3.05) is 13.1 Å². The smallest absolute Gasteiger partial charge is 0.248 e. The third kappa shape index (κ3) is 3.19. The second-order valence-corrected chi connectivity index (χ2v) is 4.50. The molecule has 3 N–H and O–H groups in total. The normalized spacial score (nSPS) is 19.5. The Labute approximate surface area is 105 Å². The maximum Gasteiger partial charge on any atom is 0.248 e. The van der Waals surface area contributed by atoms with Crippen molar-refractivity contribution in [1.29, 1.82) is 0 Å². The Balaban J connectivity index is 1.98. The Morgan fingerprint density at radius 2 is 2.41 bits per heavy atom. The lowest BCUT2D eigenvalue weighted by molar-refractivity contribution is 0.0542. The topological polar surface area (TPSA) is 64.4 Å². The molecule has 1 saturated heterocycles. The summed E-state index contributed by atoms with van der Waals surface area (Å²) >= 11 is 6.06. The number of primary amides is 1. The third-order valence-electron chi connectivity index (χ3n) is 2.83. The lowest BCUT2D eigenvalue weighted by Gasteiger charge is -2.11. The van der Waals surface area contributed by atoms with Crippen molar-refractivity contribution in [1.82, 2.24) is 5.32 Å². The van der Waals surface area contributed by atoms with Crippen molar-refractivity contribution in [2.45, 2.75) is 19.1 Å². The maximum atomic E-state index is 11.0. The molecule has 0 aromatic heterocycles. The van der Waals surface area contributed by atoms with Gasteiger partial charge in [0.05, 0.1) is 12.7 Å². The Bertz CT molecular complexity index is 417. The van der Waals surface area contributed by atoms with Crippen molar-refractivity contribution >= 4 is 17.5 Å². The molecule has 1 atom stereocenters. The highest BCUT2D eigenvalue weighted by Crippen LogP contribution is 2.19. The van der Waals surface area contributed by atoms with Crippen LogP contribution in [0.3, 0.4) is 0 Å². The van der Waals surface area contributed by atoms with E-state index in [0.29, 0.717) is 17.2 Å². The van der Waals surface area contributed by atoms with Gasteiger partial charge >= 0.3 is 0 Å². The van der Waals surface area contributed by atoms with Gasteiger partial charge in [-0.15, -0.1) is 0 Å². The number of carbonyl (C=O) groups excluding carboxylic acids is 1. The number of ether oxygens (including phenoxy) is 1. The Hall–Kier alpha value is -1.10. The number of halogens is 1. The fourth-order valence-corrected chi connectivity index (χ4v) is 2.03. The SMILES string of the molecule is NC(=O)c1ccc(COC2CCNC2)c(Cl)c1. The minimum atomic E-state index is -0.473. The largest absolute Gasteiger partial charge is 0.372 e. The summed E-state index contributed by atoms with van der Waals surface area (Å²) < 4.78 is 5.71. The van der Waals surface area contributed by atoms with E-state index >= 15 is 0 Å². The molecule has 0 aliphatic carbocycles. The monoisotopic (exact) mass is 254 g/mol. The molecular weight excluding hydrogens is 240 g/mol. The summed E-state index contributed by atoms with van der Waals surface area (Å²) in [6.45, 7) is 2.35. The van der Waals surface area contributed by atoms with Gasteiger partial charge in [-0.2, -0.15) is 0 Å². The van der Waals surface area contributed by atoms with Crippen LogP contribution in [0, 0.1) is 0 Å². The van der Waals surface area contributed by atoms with Gasteiger partial charge in [0.1, 0.15) is 0 Å². The van der Waals surface area contributed by atoms with Gasteiger partial charge < -0.3 is 15.8 Å². The minimum Gasteiger partial charge on any atom is -0.372 e. The van der Waals surface area contributed by atoms with Crippen molar-refractivity contribution < 1.29 is 9.53 Å². The van der Waals surface area contributed by atoms with Crippen LogP contribution in [0.4, 0.5) is 0 Å². The molecule has 0 radical (unpaired) electrons. The quantitative estimate of drug-likeness (QED) is 0.852. The molecule has 4 nitrogen and oxygen atoms in total. The standard InChI is InChI=1S/C12H15ClN2O2/c13-11-5-8(12(14)16)1-2-9(11)7-17-10-3-4-15-6-10/h1-2,5,10,15H,3-4,6-7H2,(H2,14,16). The van der Waals surface area contributed by atoms with Crippen LogP contribution in [0.1, 0.15) is 22.3 Å². The fraction of sp³-hybridized carbons (Fsp3) is 0.417. The van der Waals surface area contributed by atoms with Gasteiger partial charge in [0, 0.05) is 17.1 Å². The molecule has 1 heterocycles. The third-order valence-corrected chi connectivity index (χ3v) is 3.18. The fourth-order valence-electron chi connectivity index (χ4n) is 1.80. The molecule has 1 aromatic carbocycles. The lowest BCUT2D eigenvalue weighted by atomic mass is 10.1. The van der Waals surface area contributed by atoms with Crippen LogP contribution in [-0.4, -0.2) is 25.1 Å². The van der Waals surface area contributed by atoms with Gasteiger partial charge in [-0.05, 0) is 30.7 Å². The number of rotatable bonds is 4. The average Bonchev–Trinajstić information content (AvgIpc) is 2.80. The Morgan fingerprint density at radius 1 is 1.59 bits per heavy atom. The van der Waals surface area contributed by atoms with Gasteiger partial charge in [-0.3, -0.25) is 4.79 Å². The van der Waals surface area contributed by atoms with Crippen molar-refractivity contribution in [3.63, 3.8) is 0 Å². The maximum absolute atomic E-state index is 11.0. The zero-order valence-corrected chi connectivity index (χ0v) is 10.2. The van der Waals surface area contributed by atoms with Gasteiger partial charge in [-0.25, -0.2) is 0 Å². The average molecular weight is 255 g/mol. The number of hydrogen-bond donors (Lipinski definition) is 2. The number of nitrogens with two attached hydrogens (primary N) is 1. The first kappa shape index (κ1) is 12.4. The number of hydrogen-bond acceptors (Lipinski definition) is 3. The molecule has 1 amide bonds. The molecule has 92 valence electrons. The van der Waals surface area contributed by atoms with Crippen molar-refractivity contribution in [3.05, 3.63) is 34.3 Å². The zero-order valence-electron chi connectivity index (χ0n) is 9.41. The van der Waals surface area contributed by atoms with Crippen molar-refractivity contribution in [2.24, 2.45) is 5.73 Å². The van der Waals surface area contributed by atoms with E-state index in [-0.39, 0.29) is 6.10 Å². The highest BCUT2D eigenvalue weighted by atomic mass is 35.5. The molecule has 17 heavy (non-hydrogen) atoms. The van der Waals surface area contributed by atoms with E-state index in [0.717, 1.165) is 25.1 Å². The molecule has 1 unspecified atom stereocenters. The number of amides is 1. The molecule has 0 spiro atoms. The highest BCUT2D eigenvalue weighted by molar-refractivity contribution is 6.31. The summed E-state index contributed by atoms with van der Waals surface area (Å²) in [5.41, 5.74) is 6.47. The highest BCUT2D eigenvalue weighted by Gasteiger charge is 2.15. The van der Waals surface area contributed by atoms with E-state index < -0.39 is 5.91 Å². The molecule has 1 aliphatic rings.